The van der Waals surface area contributed by atoms with E-state index >= 15 is 0 Å². The van der Waals surface area contributed by atoms with E-state index in [0.29, 0.717) is 22.8 Å². The fourth-order valence-electron chi connectivity index (χ4n) is 1.54. The molecule has 2 aromatic rings. The Bertz CT molecular complexity index is 655. The zero-order chi connectivity index (χ0) is 13.8. The van der Waals surface area contributed by atoms with E-state index in [2.05, 4.69) is 11.1 Å². The Kier molecular flexibility index (Phi) is 3.58. The molecule has 0 fully saturated rings. The van der Waals surface area contributed by atoms with Crippen LogP contribution in [-0.4, -0.2) is 10.8 Å². The van der Waals surface area contributed by atoms with Gasteiger partial charge in [-0.3, -0.25) is 4.79 Å². The smallest absolute Gasteiger partial charge is 0.219 e. The van der Waals surface area contributed by atoms with E-state index in [1.54, 1.807) is 24.3 Å². The number of carbonyl (C=O) groups is 1. The molecule has 0 spiro atoms. The van der Waals surface area contributed by atoms with Crippen molar-refractivity contribution >= 4 is 5.78 Å². The second-order valence-corrected chi connectivity index (χ2v) is 4.14. The van der Waals surface area contributed by atoms with Crippen molar-refractivity contribution in [2.45, 2.75) is 13.8 Å². The summed E-state index contributed by atoms with van der Waals surface area (Å²) in [6.07, 6.45) is 1.47. The summed E-state index contributed by atoms with van der Waals surface area (Å²) in [5.41, 5.74) is 1.98. The maximum Gasteiger partial charge on any atom is 0.219 e. The number of pyridine rings is 1. The molecule has 2 rings (SSSR count). The van der Waals surface area contributed by atoms with Gasteiger partial charge >= 0.3 is 0 Å². The largest absolute Gasteiger partial charge is 0.439 e. The Labute approximate surface area is 111 Å². The molecule has 0 aliphatic rings. The summed E-state index contributed by atoms with van der Waals surface area (Å²) in [6, 6.07) is 10.6. The van der Waals surface area contributed by atoms with Gasteiger partial charge < -0.3 is 4.74 Å². The van der Waals surface area contributed by atoms with Crippen LogP contribution in [0.2, 0.25) is 0 Å². The monoisotopic (exact) mass is 252 g/mol. The van der Waals surface area contributed by atoms with Crippen LogP contribution < -0.4 is 4.74 Å². The Morgan fingerprint density at radius 3 is 2.68 bits per heavy atom. The lowest BCUT2D eigenvalue weighted by molar-refractivity contribution is 0.101. The average Bonchev–Trinajstić information content (AvgIpc) is 2.42. The predicted molar refractivity (Wildman–Crippen MR) is 70.2 cm³/mol. The van der Waals surface area contributed by atoms with Crippen molar-refractivity contribution in [3.63, 3.8) is 0 Å². The van der Waals surface area contributed by atoms with E-state index in [4.69, 9.17) is 10.00 Å². The molecule has 1 heterocycles. The number of aryl methyl sites for hydroxylation is 1. The number of nitriles is 1. The van der Waals surface area contributed by atoms with Crippen LogP contribution in [0, 0.1) is 18.3 Å². The molecular formula is C15H12N2O2. The van der Waals surface area contributed by atoms with E-state index in [0.717, 1.165) is 5.56 Å². The molecule has 1 aromatic carbocycles. The van der Waals surface area contributed by atoms with Crippen molar-refractivity contribution in [1.82, 2.24) is 4.98 Å². The van der Waals surface area contributed by atoms with Crippen LogP contribution in [0.4, 0.5) is 0 Å². The van der Waals surface area contributed by atoms with E-state index in [1.165, 1.54) is 13.1 Å². The molecular weight excluding hydrogens is 240 g/mol. The first-order valence-corrected chi connectivity index (χ1v) is 5.76. The van der Waals surface area contributed by atoms with Gasteiger partial charge in [-0.05, 0) is 37.6 Å². The topological polar surface area (TPSA) is 63.0 Å². The predicted octanol–water partition coefficient (Wildman–Crippen LogP) is 3.26. The highest BCUT2D eigenvalue weighted by atomic mass is 16.5. The first kappa shape index (κ1) is 12.8. The fraction of sp³-hybridized carbons (Fsp3) is 0.133. The number of Topliss-reactive ketones (excluding diaryl/α,β-unsaturated/α-hetero) is 1. The van der Waals surface area contributed by atoms with E-state index < -0.39 is 0 Å². The molecule has 0 bridgehead atoms. The summed E-state index contributed by atoms with van der Waals surface area (Å²) >= 11 is 0. The molecule has 0 saturated carbocycles. The Morgan fingerprint density at radius 1 is 1.32 bits per heavy atom. The molecule has 94 valence electrons. The summed E-state index contributed by atoms with van der Waals surface area (Å²) in [5.74, 6) is 0.937. The highest BCUT2D eigenvalue weighted by molar-refractivity contribution is 5.93. The van der Waals surface area contributed by atoms with Gasteiger partial charge in [0.25, 0.3) is 0 Å². The lowest BCUT2D eigenvalue weighted by Gasteiger charge is -2.08. The van der Waals surface area contributed by atoms with Crippen LogP contribution in [0.1, 0.15) is 28.4 Å². The Balaban J connectivity index is 2.26. The molecule has 0 saturated heterocycles. The van der Waals surface area contributed by atoms with Crippen molar-refractivity contribution in [2.24, 2.45) is 0 Å². The van der Waals surface area contributed by atoms with Crippen LogP contribution in [0.5, 0.6) is 11.6 Å². The van der Waals surface area contributed by atoms with Crippen molar-refractivity contribution in [3.05, 3.63) is 53.2 Å². The number of carbonyl (C=O) groups excluding carboxylic acids is 1. The molecule has 4 heteroatoms. The van der Waals surface area contributed by atoms with Gasteiger partial charge in [0.2, 0.25) is 5.88 Å². The number of rotatable bonds is 3. The molecule has 0 aliphatic heterocycles. The number of ether oxygens (including phenoxy) is 1. The lowest BCUT2D eigenvalue weighted by atomic mass is 10.1. The summed E-state index contributed by atoms with van der Waals surface area (Å²) < 4.78 is 5.61. The third-order valence-electron chi connectivity index (χ3n) is 2.67. The highest BCUT2D eigenvalue weighted by Crippen LogP contribution is 2.24. The number of ketones is 1. The van der Waals surface area contributed by atoms with Crippen molar-refractivity contribution in [3.8, 4) is 17.7 Å². The maximum atomic E-state index is 11.1. The third-order valence-corrected chi connectivity index (χ3v) is 2.67. The van der Waals surface area contributed by atoms with Crippen LogP contribution in [0.3, 0.4) is 0 Å². The van der Waals surface area contributed by atoms with Crippen LogP contribution in [0.15, 0.2) is 36.5 Å². The van der Waals surface area contributed by atoms with Gasteiger partial charge in [-0.1, -0.05) is 6.07 Å². The number of nitrogens with zero attached hydrogens (tertiary/aromatic N) is 2. The van der Waals surface area contributed by atoms with Gasteiger partial charge in [0, 0.05) is 17.8 Å². The minimum atomic E-state index is -0.0401. The quantitative estimate of drug-likeness (QED) is 0.786. The van der Waals surface area contributed by atoms with Crippen LogP contribution in [0.25, 0.3) is 0 Å². The zero-order valence-electron chi connectivity index (χ0n) is 10.7. The number of aromatic nitrogens is 1. The normalized spacial score (nSPS) is 9.74. The summed E-state index contributed by atoms with van der Waals surface area (Å²) in [7, 11) is 0. The SMILES string of the molecule is CC(=O)c1ccc(Oc2cc(C#N)ccc2C)nc1. The minimum Gasteiger partial charge on any atom is -0.439 e. The van der Waals surface area contributed by atoms with Crippen molar-refractivity contribution in [2.75, 3.05) is 0 Å². The lowest BCUT2D eigenvalue weighted by Crippen LogP contribution is -1.95. The minimum absolute atomic E-state index is 0.0401. The fourth-order valence-corrected chi connectivity index (χ4v) is 1.54. The van der Waals surface area contributed by atoms with Gasteiger partial charge in [-0.15, -0.1) is 0 Å². The number of hydrogen-bond donors (Lipinski definition) is 0. The highest BCUT2D eigenvalue weighted by Gasteiger charge is 2.05. The van der Waals surface area contributed by atoms with Crippen LogP contribution >= 0.6 is 0 Å². The Morgan fingerprint density at radius 2 is 2.11 bits per heavy atom. The van der Waals surface area contributed by atoms with Gasteiger partial charge in [0.1, 0.15) is 5.75 Å². The summed E-state index contributed by atoms with van der Waals surface area (Å²) in [5, 5.41) is 8.86. The molecule has 0 aliphatic carbocycles. The van der Waals surface area contributed by atoms with Gasteiger partial charge in [0.05, 0.1) is 11.6 Å². The molecule has 0 unspecified atom stereocenters. The van der Waals surface area contributed by atoms with E-state index in [1.807, 2.05) is 13.0 Å². The first-order chi connectivity index (χ1) is 9.10. The van der Waals surface area contributed by atoms with E-state index in [9.17, 15) is 4.79 Å². The van der Waals surface area contributed by atoms with Gasteiger partial charge in [-0.2, -0.15) is 5.26 Å². The van der Waals surface area contributed by atoms with Crippen LogP contribution in [-0.2, 0) is 0 Å². The molecule has 0 N–H and O–H groups in total. The standard InChI is InChI=1S/C15H12N2O2/c1-10-3-4-12(8-16)7-14(10)19-15-6-5-13(9-17-15)11(2)18/h3-7,9H,1-2H3. The summed E-state index contributed by atoms with van der Waals surface area (Å²) in [4.78, 5) is 15.2. The van der Waals surface area contributed by atoms with E-state index in [-0.39, 0.29) is 5.78 Å². The number of hydrogen-bond acceptors (Lipinski definition) is 4. The molecule has 0 atom stereocenters. The summed E-state index contributed by atoms with van der Waals surface area (Å²) in [6.45, 7) is 3.37. The van der Waals surface area contributed by atoms with Gasteiger partial charge in [-0.25, -0.2) is 4.98 Å². The van der Waals surface area contributed by atoms with Crippen molar-refractivity contribution < 1.29 is 9.53 Å². The van der Waals surface area contributed by atoms with Gasteiger partial charge in [0.15, 0.2) is 5.78 Å². The maximum absolute atomic E-state index is 11.1. The zero-order valence-corrected chi connectivity index (χ0v) is 10.7. The molecule has 1 aromatic heterocycles. The molecule has 4 nitrogen and oxygen atoms in total. The Hall–Kier alpha value is -2.67. The number of benzene rings is 1. The van der Waals surface area contributed by atoms with Crippen molar-refractivity contribution in [1.29, 1.82) is 5.26 Å². The first-order valence-electron chi connectivity index (χ1n) is 5.76. The third kappa shape index (κ3) is 2.96. The molecule has 19 heavy (non-hydrogen) atoms. The average molecular weight is 252 g/mol. The second kappa shape index (κ2) is 5.32. The molecule has 0 amide bonds. The molecule has 0 radical (unpaired) electrons. The second-order valence-electron chi connectivity index (χ2n) is 4.14.